The summed E-state index contributed by atoms with van der Waals surface area (Å²) in [6.07, 6.45) is 5.30. The molecular weight excluding hydrogens is 278 g/mol. The van der Waals surface area contributed by atoms with Gasteiger partial charge in [0, 0.05) is 25.1 Å². The largest absolute Gasteiger partial charge is 0.467 e. The average Bonchev–Trinajstić information content (AvgIpc) is 3.04. The Labute approximate surface area is 133 Å². The number of rotatable bonds is 7. The maximum Gasteiger partial charge on any atom is 0.191 e. The Morgan fingerprint density at radius 2 is 2.18 bits per heavy atom. The Morgan fingerprint density at radius 1 is 1.41 bits per heavy atom. The fourth-order valence-corrected chi connectivity index (χ4v) is 3.53. The molecule has 1 aromatic rings. The molecule has 0 aliphatic heterocycles. The zero-order chi connectivity index (χ0) is 16.0. The van der Waals surface area contributed by atoms with Crippen molar-refractivity contribution >= 4 is 5.96 Å². The highest BCUT2D eigenvalue weighted by molar-refractivity contribution is 5.80. The number of guanidine groups is 1. The summed E-state index contributed by atoms with van der Waals surface area (Å²) in [6.45, 7) is 8.00. The second-order valence-corrected chi connectivity index (χ2v) is 5.82. The molecule has 0 bridgehead atoms. The maximum atomic E-state index is 5.92. The number of hydrogen-bond acceptors (Lipinski definition) is 3. The smallest absolute Gasteiger partial charge is 0.191 e. The van der Waals surface area contributed by atoms with Crippen LogP contribution in [0.1, 0.15) is 45.8 Å². The minimum absolute atomic E-state index is 0.207. The molecule has 5 nitrogen and oxygen atoms in total. The lowest BCUT2D eigenvalue weighted by atomic mass is 9.58. The Morgan fingerprint density at radius 3 is 2.73 bits per heavy atom. The third-order valence-electron chi connectivity index (χ3n) is 5.01. The molecule has 1 heterocycles. The van der Waals surface area contributed by atoms with Crippen LogP contribution in [-0.4, -0.2) is 31.8 Å². The molecule has 1 aliphatic carbocycles. The van der Waals surface area contributed by atoms with E-state index in [0.717, 1.165) is 37.6 Å². The Balaban J connectivity index is 1.93. The summed E-state index contributed by atoms with van der Waals surface area (Å²) in [6, 6.07) is 4.25. The predicted octanol–water partition coefficient (Wildman–Crippen LogP) is 2.93. The first-order valence-electron chi connectivity index (χ1n) is 8.31. The highest BCUT2D eigenvalue weighted by atomic mass is 16.5. The minimum atomic E-state index is 0.207. The van der Waals surface area contributed by atoms with Gasteiger partial charge in [-0.2, -0.15) is 0 Å². The standard InChI is InChI=1S/C17H29N3O2/c1-5-17(6-2)14(11-15(17)21-7-3)20-16(18-4)19-12-13-9-8-10-22-13/h8-10,14-15H,5-7,11-12H2,1-4H3,(H2,18,19,20). The highest BCUT2D eigenvalue weighted by Gasteiger charge is 2.53. The second kappa shape index (κ2) is 7.68. The average molecular weight is 307 g/mol. The molecule has 2 rings (SSSR count). The van der Waals surface area contributed by atoms with Gasteiger partial charge < -0.3 is 19.8 Å². The molecule has 2 N–H and O–H groups in total. The molecule has 124 valence electrons. The maximum absolute atomic E-state index is 5.92. The van der Waals surface area contributed by atoms with Gasteiger partial charge in [0.15, 0.2) is 5.96 Å². The van der Waals surface area contributed by atoms with Crippen LogP contribution in [-0.2, 0) is 11.3 Å². The minimum Gasteiger partial charge on any atom is -0.467 e. The van der Waals surface area contributed by atoms with E-state index in [1.54, 1.807) is 13.3 Å². The molecule has 0 radical (unpaired) electrons. The molecule has 0 spiro atoms. The van der Waals surface area contributed by atoms with E-state index in [9.17, 15) is 0 Å². The van der Waals surface area contributed by atoms with Gasteiger partial charge >= 0.3 is 0 Å². The van der Waals surface area contributed by atoms with Crippen LogP contribution in [0.2, 0.25) is 0 Å². The van der Waals surface area contributed by atoms with Gasteiger partial charge in [0.2, 0.25) is 0 Å². The summed E-state index contributed by atoms with van der Waals surface area (Å²) in [5, 5.41) is 6.87. The third-order valence-corrected chi connectivity index (χ3v) is 5.01. The summed E-state index contributed by atoms with van der Waals surface area (Å²) in [4.78, 5) is 4.33. The van der Waals surface area contributed by atoms with Crippen molar-refractivity contribution in [3.63, 3.8) is 0 Å². The summed E-state index contributed by atoms with van der Waals surface area (Å²) >= 11 is 0. The van der Waals surface area contributed by atoms with Gasteiger partial charge in [0.1, 0.15) is 5.76 Å². The van der Waals surface area contributed by atoms with Crippen molar-refractivity contribution in [2.24, 2.45) is 10.4 Å². The number of nitrogens with zero attached hydrogens (tertiary/aromatic N) is 1. The van der Waals surface area contributed by atoms with Crippen molar-refractivity contribution in [2.75, 3.05) is 13.7 Å². The Bertz CT molecular complexity index is 466. The molecule has 1 fully saturated rings. The molecule has 0 saturated heterocycles. The molecule has 1 saturated carbocycles. The van der Waals surface area contributed by atoms with Crippen LogP contribution >= 0.6 is 0 Å². The van der Waals surface area contributed by atoms with Crippen molar-refractivity contribution in [2.45, 2.75) is 58.7 Å². The van der Waals surface area contributed by atoms with Gasteiger partial charge in [-0.3, -0.25) is 4.99 Å². The SMILES string of the molecule is CCOC1CC(NC(=NC)NCc2ccco2)C1(CC)CC. The number of hydrogen-bond donors (Lipinski definition) is 2. The third kappa shape index (κ3) is 3.29. The quantitative estimate of drug-likeness (QED) is 0.601. The molecular formula is C17H29N3O2. The summed E-state index contributed by atoms with van der Waals surface area (Å²) < 4.78 is 11.3. The fraction of sp³-hybridized carbons (Fsp3) is 0.706. The molecule has 5 heteroatoms. The van der Waals surface area contributed by atoms with E-state index >= 15 is 0 Å². The topological polar surface area (TPSA) is 58.8 Å². The first-order chi connectivity index (χ1) is 10.7. The fourth-order valence-electron chi connectivity index (χ4n) is 3.53. The van der Waals surface area contributed by atoms with Gasteiger partial charge in [-0.05, 0) is 38.3 Å². The highest BCUT2D eigenvalue weighted by Crippen LogP contribution is 2.48. The first-order valence-corrected chi connectivity index (χ1v) is 8.31. The van der Waals surface area contributed by atoms with Crippen molar-refractivity contribution in [1.82, 2.24) is 10.6 Å². The molecule has 0 amide bonds. The summed E-state index contributed by atoms with van der Waals surface area (Å²) in [5.41, 5.74) is 0.207. The zero-order valence-corrected chi connectivity index (χ0v) is 14.2. The molecule has 0 aromatic carbocycles. The molecule has 1 aliphatic rings. The van der Waals surface area contributed by atoms with Gasteiger partial charge in [-0.25, -0.2) is 0 Å². The van der Waals surface area contributed by atoms with Gasteiger partial charge in [-0.15, -0.1) is 0 Å². The number of ether oxygens (including phenoxy) is 1. The van der Waals surface area contributed by atoms with Gasteiger partial charge in [0.25, 0.3) is 0 Å². The van der Waals surface area contributed by atoms with Crippen molar-refractivity contribution in [3.05, 3.63) is 24.2 Å². The van der Waals surface area contributed by atoms with Crippen LogP contribution < -0.4 is 10.6 Å². The Hall–Kier alpha value is -1.49. The van der Waals surface area contributed by atoms with E-state index in [1.807, 2.05) is 12.1 Å². The van der Waals surface area contributed by atoms with E-state index in [2.05, 4.69) is 36.4 Å². The lowest BCUT2D eigenvalue weighted by Crippen LogP contribution is -2.65. The zero-order valence-electron chi connectivity index (χ0n) is 14.2. The van der Waals surface area contributed by atoms with E-state index < -0.39 is 0 Å². The van der Waals surface area contributed by atoms with Crippen LogP contribution in [0.3, 0.4) is 0 Å². The van der Waals surface area contributed by atoms with Crippen LogP contribution in [0.15, 0.2) is 27.8 Å². The van der Waals surface area contributed by atoms with Gasteiger partial charge in [0.05, 0.1) is 18.9 Å². The van der Waals surface area contributed by atoms with Crippen LogP contribution in [0.4, 0.5) is 0 Å². The van der Waals surface area contributed by atoms with E-state index in [-0.39, 0.29) is 5.41 Å². The second-order valence-electron chi connectivity index (χ2n) is 5.82. The number of nitrogens with one attached hydrogen (secondary N) is 2. The molecule has 2 atom stereocenters. The van der Waals surface area contributed by atoms with E-state index in [0.29, 0.717) is 18.7 Å². The summed E-state index contributed by atoms with van der Waals surface area (Å²) in [5.74, 6) is 1.73. The molecule has 1 aromatic heterocycles. The monoisotopic (exact) mass is 307 g/mol. The number of furan rings is 1. The van der Waals surface area contributed by atoms with Crippen LogP contribution in [0.5, 0.6) is 0 Å². The molecule has 2 unspecified atom stereocenters. The van der Waals surface area contributed by atoms with E-state index in [1.165, 1.54) is 0 Å². The molecule has 22 heavy (non-hydrogen) atoms. The lowest BCUT2D eigenvalue weighted by molar-refractivity contribution is -0.133. The van der Waals surface area contributed by atoms with Crippen LogP contribution in [0, 0.1) is 5.41 Å². The predicted molar refractivity (Wildman–Crippen MR) is 88.9 cm³/mol. The van der Waals surface area contributed by atoms with E-state index in [4.69, 9.17) is 9.15 Å². The normalized spacial score (nSPS) is 23.9. The Kier molecular flexibility index (Phi) is 5.89. The van der Waals surface area contributed by atoms with Gasteiger partial charge in [-0.1, -0.05) is 13.8 Å². The number of aliphatic imine (C=N–C) groups is 1. The lowest BCUT2D eigenvalue weighted by Gasteiger charge is -2.55. The first kappa shape index (κ1) is 16.9. The summed E-state index contributed by atoms with van der Waals surface area (Å²) in [7, 11) is 1.80. The van der Waals surface area contributed by atoms with Crippen molar-refractivity contribution < 1.29 is 9.15 Å². The van der Waals surface area contributed by atoms with Crippen LogP contribution in [0.25, 0.3) is 0 Å². The van der Waals surface area contributed by atoms with Crippen molar-refractivity contribution in [3.8, 4) is 0 Å². The van der Waals surface area contributed by atoms with Crippen molar-refractivity contribution in [1.29, 1.82) is 0 Å².